The topological polar surface area (TPSA) is 118 Å². The second-order valence-electron chi connectivity index (χ2n) is 5.33. The van der Waals surface area contributed by atoms with Crippen LogP contribution in [0, 0.1) is 5.82 Å². The normalized spacial score (nSPS) is 12.6. The van der Waals surface area contributed by atoms with E-state index in [9.17, 15) is 21.2 Å². The lowest BCUT2D eigenvalue weighted by Gasteiger charge is -2.19. The molecule has 0 atom stereocenters. The maximum atomic E-state index is 13.7. The minimum atomic E-state index is -3.92. The van der Waals surface area contributed by atoms with Crippen LogP contribution in [0.3, 0.4) is 0 Å². The predicted molar refractivity (Wildman–Crippen MR) is 85.6 cm³/mol. The molecule has 1 rings (SSSR count). The summed E-state index contributed by atoms with van der Waals surface area (Å²) in [6, 6.07) is 2.88. The van der Waals surface area contributed by atoms with Gasteiger partial charge in [-0.3, -0.25) is 4.72 Å². The van der Waals surface area contributed by atoms with Gasteiger partial charge < -0.3 is 5.73 Å². The molecule has 4 N–H and O–H groups in total. The Morgan fingerprint density at radius 3 is 2.18 bits per heavy atom. The number of nitrogens with two attached hydrogens (primary N) is 1. The third-order valence-corrected chi connectivity index (χ3v) is 4.25. The summed E-state index contributed by atoms with van der Waals surface area (Å²) in [6.07, 6.45) is 0.863. The van der Waals surface area contributed by atoms with E-state index in [0.29, 0.717) is 0 Å². The molecule has 0 fully saturated rings. The SMILES string of the molecule is CC(C)(N)CNS(=O)(=O)c1ccc(NS(C)(=O)=O)c(F)c1.Cl. The number of hydrogen-bond donors (Lipinski definition) is 3. The molecule has 0 aromatic heterocycles. The van der Waals surface area contributed by atoms with Crippen LogP contribution in [0.5, 0.6) is 0 Å². The second-order valence-corrected chi connectivity index (χ2v) is 8.84. The molecule has 0 aliphatic heterocycles. The first-order valence-corrected chi connectivity index (χ1v) is 9.23. The number of benzene rings is 1. The Hall–Kier alpha value is -0.940. The molecular formula is C11H19ClFN3O4S2. The van der Waals surface area contributed by atoms with E-state index < -0.39 is 31.4 Å². The quantitative estimate of drug-likeness (QED) is 0.674. The molecule has 7 nitrogen and oxygen atoms in total. The molecule has 0 unspecified atom stereocenters. The number of rotatable bonds is 6. The van der Waals surface area contributed by atoms with Crippen LogP contribution in [0.4, 0.5) is 10.1 Å². The van der Waals surface area contributed by atoms with Crippen molar-refractivity contribution in [3.63, 3.8) is 0 Å². The lowest BCUT2D eigenvalue weighted by Crippen LogP contribution is -2.45. The third kappa shape index (κ3) is 6.88. The van der Waals surface area contributed by atoms with Gasteiger partial charge in [-0.2, -0.15) is 0 Å². The summed E-state index contributed by atoms with van der Waals surface area (Å²) in [5.41, 5.74) is 4.58. The molecule has 0 aliphatic carbocycles. The maximum absolute atomic E-state index is 13.7. The van der Waals surface area contributed by atoms with Gasteiger partial charge in [-0.05, 0) is 32.0 Å². The number of sulfonamides is 2. The summed E-state index contributed by atoms with van der Waals surface area (Å²) in [5, 5.41) is 0. The van der Waals surface area contributed by atoms with Gasteiger partial charge in [-0.25, -0.2) is 25.9 Å². The highest BCUT2D eigenvalue weighted by Gasteiger charge is 2.20. The highest BCUT2D eigenvalue weighted by atomic mass is 35.5. The van der Waals surface area contributed by atoms with Crippen LogP contribution in [-0.2, 0) is 20.0 Å². The van der Waals surface area contributed by atoms with Crippen molar-refractivity contribution < 1.29 is 21.2 Å². The molecule has 0 saturated carbocycles. The van der Waals surface area contributed by atoms with Crippen molar-refractivity contribution in [3.05, 3.63) is 24.0 Å². The van der Waals surface area contributed by atoms with Gasteiger partial charge in [0.25, 0.3) is 0 Å². The molecule has 11 heteroatoms. The van der Waals surface area contributed by atoms with E-state index in [1.807, 2.05) is 4.72 Å². The molecule has 0 aliphatic rings. The molecule has 0 heterocycles. The first-order chi connectivity index (χ1) is 9.30. The molecule has 1 aromatic rings. The zero-order valence-electron chi connectivity index (χ0n) is 12.3. The molecule has 0 bridgehead atoms. The smallest absolute Gasteiger partial charge is 0.240 e. The van der Waals surface area contributed by atoms with Crippen molar-refractivity contribution in [1.29, 1.82) is 0 Å². The van der Waals surface area contributed by atoms with Gasteiger partial charge in [0.15, 0.2) is 0 Å². The fourth-order valence-electron chi connectivity index (χ4n) is 1.31. The van der Waals surface area contributed by atoms with Crippen LogP contribution in [0.2, 0.25) is 0 Å². The van der Waals surface area contributed by atoms with Crippen molar-refractivity contribution in [2.24, 2.45) is 5.73 Å². The molecule has 1 aromatic carbocycles. The maximum Gasteiger partial charge on any atom is 0.240 e. The molecule has 128 valence electrons. The summed E-state index contributed by atoms with van der Waals surface area (Å²) in [6.45, 7) is 3.24. The first kappa shape index (κ1) is 21.1. The fourth-order valence-corrected chi connectivity index (χ4v) is 3.11. The fraction of sp³-hybridized carbons (Fsp3) is 0.455. The lowest BCUT2D eigenvalue weighted by molar-refractivity contribution is 0.497. The molecule has 22 heavy (non-hydrogen) atoms. The molecule has 0 spiro atoms. The predicted octanol–water partition coefficient (Wildman–Crippen LogP) is 0.635. The zero-order chi connectivity index (χ0) is 16.5. The Morgan fingerprint density at radius 2 is 1.77 bits per heavy atom. The average Bonchev–Trinajstić information content (AvgIpc) is 2.27. The van der Waals surface area contributed by atoms with E-state index in [1.165, 1.54) is 0 Å². The van der Waals surface area contributed by atoms with Crippen LogP contribution in [-0.4, -0.2) is 35.2 Å². The first-order valence-electron chi connectivity index (χ1n) is 5.86. The number of hydrogen-bond acceptors (Lipinski definition) is 5. The molecule has 0 saturated heterocycles. The highest BCUT2D eigenvalue weighted by Crippen LogP contribution is 2.19. The average molecular weight is 376 g/mol. The Bertz CT molecular complexity index is 730. The lowest BCUT2D eigenvalue weighted by atomic mass is 10.1. The monoisotopic (exact) mass is 375 g/mol. The van der Waals surface area contributed by atoms with Gasteiger partial charge >= 0.3 is 0 Å². The van der Waals surface area contributed by atoms with Crippen LogP contribution in [0.1, 0.15) is 13.8 Å². The van der Waals surface area contributed by atoms with Crippen LogP contribution in [0.15, 0.2) is 23.1 Å². The van der Waals surface area contributed by atoms with Gasteiger partial charge in [-0.1, -0.05) is 0 Å². The van der Waals surface area contributed by atoms with Gasteiger partial charge in [0.2, 0.25) is 20.0 Å². The third-order valence-electron chi connectivity index (χ3n) is 2.26. The number of anilines is 1. The summed E-state index contributed by atoms with van der Waals surface area (Å²) in [5.74, 6) is -0.990. The molecular weight excluding hydrogens is 357 g/mol. The van der Waals surface area contributed by atoms with E-state index in [1.54, 1.807) is 13.8 Å². The van der Waals surface area contributed by atoms with Gasteiger partial charge in [0, 0.05) is 12.1 Å². The Labute approximate surface area is 136 Å². The Morgan fingerprint density at radius 1 is 1.23 bits per heavy atom. The van der Waals surface area contributed by atoms with E-state index in [0.717, 1.165) is 24.5 Å². The van der Waals surface area contributed by atoms with Crippen molar-refractivity contribution in [2.75, 3.05) is 17.5 Å². The van der Waals surface area contributed by atoms with Crippen molar-refractivity contribution in [2.45, 2.75) is 24.3 Å². The Kier molecular flexibility index (Phi) is 6.79. The minimum Gasteiger partial charge on any atom is -0.324 e. The Balaban J connectivity index is 0.00000441. The standard InChI is InChI=1S/C11H18FN3O4S2.ClH/c1-11(2,13)7-14-21(18,19)8-4-5-10(9(12)6-8)15-20(3,16)17;/h4-6,14-15H,7,13H2,1-3H3;1H. The largest absolute Gasteiger partial charge is 0.324 e. The number of halogens is 2. The van der Waals surface area contributed by atoms with Crippen LogP contribution < -0.4 is 15.2 Å². The molecule has 0 radical (unpaired) electrons. The van der Waals surface area contributed by atoms with Crippen molar-refractivity contribution in [3.8, 4) is 0 Å². The van der Waals surface area contributed by atoms with Gasteiger partial charge in [0.1, 0.15) is 5.82 Å². The second kappa shape index (κ2) is 7.09. The van der Waals surface area contributed by atoms with Crippen molar-refractivity contribution in [1.82, 2.24) is 4.72 Å². The van der Waals surface area contributed by atoms with Gasteiger partial charge in [0.05, 0.1) is 16.8 Å². The summed E-state index contributed by atoms with van der Waals surface area (Å²) in [7, 11) is -7.57. The van der Waals surface area contributed by atoms with E-state index in [-0.39, 0.29) is 29.5 Å². The zero-order valence-corrected chi connectivity index (χ0v) is 14.7. The molecule has 0 amide bonds. The highest BCUT2D eigenvalue weighted by molar-refractivity contribution is 7.92. The van der Waals surface area contributed by atoms with E-state index in [2.05, 4.69) is 4.72 Å². The summed E-state index contributed by atoms with van der Waals surface area (Å²) < 4.78 is 63.9. The summed E-state index contributed by atoms with van der Waals surface area (Å²) >= 11 is 0. The van der Waals surface area contributed by atoms with Crippen LogP contribution in [0.25, 0.3) is 0 Å². The van der Waals surface area contributed by atoms with E-state index in [4.69, 9.17) is 5.73 Å². The van der Waals surface area contributed by atoms with Crippen LogP contribution >= 0.6 is 12.4 Å². The summed E-state index contributed by atoms with van der Waals surface area (Å²) in [4.78, 5) is -0.316. The van der Waals surface area contributed by atoms with Gasteiger partial charge in [-0.15, -0.1) is 12.4 Å². The van der Waals surface area contributed by atoms with Crippen molar-refractivity contribution >= 4 is 38.1 Å². The minimum absolute atomic E-state index is 0. The van der Waals surface area contributed by atoms with E-state index >= 15 is 0 Å². The number of nitrogens with one attached hydrogen (secondary N) is 2.